The number of carbonyl (C=O) groups is 1. The number of amides is 1. The summed E-state index contributed by atoms with van der Waals surface area (Å²) in [4.78, 5) is 13.5. The van der Waals surface area contributed by atoms with E-state index in [2.05, 4.69) is 22.5 Å². The molecule has 0 radical (unpaired) electrons. The zero-order chi connectivity index (χ0) is 13.0. The van der Waals surface area contributed by atoms with Gasteiger partial charge in [-0.25, -0.2) is 0 Å². The molecule has 0 aromatic heterocycles. The van der Waals surface area contributed by atoms with Crippen molar-refractivity contribution in [1.29, 1.82) is 0 Å². The van der Waals surface area contributed by atoms with Crippen molar-refractivity contribution in [2.45, 2.75) is 64.1 Å². The molecule has 0 aromatic rings. The number of fused-ring (bicyclic) bond motifs is 2. The Hall–Kier alpha value is -0.610. The Labute approximate surface area is 110 Å². The number of hydrogen-bond donors (Lipinski definition) is 2. The van der Waals surface area contributed by atoms with Crippen molar-refractivity contribution >= 4 is 5.91 Å². The van der Waals surface area contributed by atoms with E-state index in [9.17, 15) is 4.79 Å². The van der Waals surface area contributed by atoms with Gasteiger partial charge in [0.15, 0.2) is 0 Å². The molecular weight excluding hydrogens is 226 g/mol. The highest BCUT2D eigenvalue weighted by molar-refractivity contribution is 5.72. The summed E-state index contributed by atoms with van der Waals surface area (Å²) in [6, 6.07) is 2.21. The first kappa shape index (κ1) is 13.8. The van der Waals surface area contributed by atoms with E-state index >= 15 is 0 Å². The molecule has 104 valence electrons. The SMILES string of the molecule is CCCNC1CC2CCC(C1)N2CCNC(C)=O. The van der Waals surface area contributed by atoms with E-state index < -0.39 is 0 Å². The van der Waals surface area contributed by atoms with Gasteiger partial charge in [-0.3, -0.25) is 9.69 Å². The molecule has 1 amide bonds. The summed E-state index contributed by atoms with van der Waals surface area (Å²) in [5.41, 5.74) is 0. The summed E-state index contributed by atoms with van der Waals surface area (Å²) >= 11 is 0. The second-order valence-corrected chi connectivity index (χ2v) is 5.73. The van der Waals surface area contributed by atoms with Gasteiger partial charge in [-0.15, -0.1) is 0 Å². The lowest BCUT2D eigenvalue weighted by Gasteiger charge is -2.39. The lowest BCUT2D eigenvalue weighted by Crippen LogP contribution is -2.51. The van der Waals surface area contributed by atoms with Crippen LogP contribution in [0.4, 0.5) is 0 Å². The minimum absolute atomic E-state index is 0.0850. The Morgan fingerprint density at radius 1 is 1.22 bits per heavy atom. The fourth-order valence-electron chi connectivity index (χ4n) is 3.52. The highest BCUT2D eigenvalue weighted by atomic mass is 16.1. The molecule has 2 N–H and O–H groups in total. The van der Waals surface area contributed by atoms with Gasteiger partial charge >= 0.3 is 0 Å². The highest BCUT2D eigenvalue weighted by Gasteiger charge is 2.39. The first-order valence-electron chi connectivity index (χ1n) is 7.44. The van der Waals surface area contributed by atoms with Gasteiger partial charge in [0.25, 0.3) is 0 Å². The Kier molecular flexibility index (Phi) is 5.01. The standard InChI is InChI=1S/C14H27N3O/c1-3-6-16-12-9-13-4-5-14(10-12)17(13)8-7-15-11(2)18/h12-14,16H,3-10H2,1-2H3,(H,15,18). The van der Waals surface area contributed by atoms with Crippen LogP contribution in [-0.4, -0.2) is 48.6 Å². The molecule has 4 heteroatoms. The van der Waals surface area contributed by atoms with E-state index in [1.807, 2.05) is 0 Å². The third kappa shape index (κ3) is 3.45. The zero-order valence-corrected chi connectivity index (χ0v) is 11.7. The van der Waals surface area contributed by atoms with E-state index in [0.717, 1.165) is 37.8 Å². The van der Waals surface area contributed by atoms with Gasteiger partial charge in [0.1, 0.15) is 0 Å². The van der Waals surface area contributed by atoms with E-state index in [1.165, 1.54) is 32.1 Å². The van der Waals surface area contributed by atoms with Gasteiger partial charge in [0.2, 0.25) is 5.91 Å². The molecule has 2 rings (SSSR count). The van der Waals surface area contributed by atoms with E-state index in [1.54, 1.807) is 6.92 Å². The fraction of sp³-hybridized carbons (Fsp3) is 0.929. The molecule has 2 saturated heterocycles. The van der Waals surface area contributed by atoms with Crippen molar-refractivity contribution in [3.63, 3.8) is 0 Å². The number of piperidine rings is 1. The van der Waals surface area contributed by atoms with Crippen LogP contribution >= 0.6 is 0 Å². The van der Waals surface area contributed by atoms with Gasteiger partial charge in [-0.2, -0.15) is 0 Å². The largest absolute Gasteiger partial charge is 0.355 e. The Bertz CT molecular complexity index is 268. The third-order valence-corrected chi connectivity index (χ3v) is 4.31. The predicted molar refractivity (Wildman–Crippen MR) is 73.5 cm³/mol. The maximum absolute atomic E-state index is 10.9. The first-order chi connectivity index (χ1) is 8.70. The van der Waals surface area contributed by atoms with Crippen molar-refractivity contribution in [2.24, 2.45) is 0 Å². The van der Waals surface area contributed by atoms with Crippen LogP contribution in [0.5, 0.6) is 0 Å². The molecule has 0 aromatic carbocycles. The molecule has 4 nitrogen and oxygen atoms in total. The van der Waals surface area contributed by atoms with Crippen molar-refractivity contribution in [1.82, 2.24) is 15.5 Å². The van der Waals surface area contributed by atoms with Crippen LogP contribution in [0.3, 0.4) is 0 Å². The second kappa shape index (κ2) is 6.53. The maximum Gasteiger partial charge on any atom is 0.216 e. The summed E-state index contributed by atoms with van der Waals surface area (Å²) < 4.78 is 0. The number of carbonyl (C=O) groups excluding carboxylic acids is 1. The Balaban J connectivity index is 1.77. The Morgan fingerprint density at radius 2 is 1.89 bits per heavy atom. The molecular formula is C14H27N3O. The van der Waals surface area contributed by atoms with E-state index in [4.69, 9.17) is 0 Å². The second-order valence-electron chi connectivity index (χ2n) is 5.73. The van der Waals surface area contributed by atoms with Gasteiger partial charge in [0.05, 0.1) is 0 Å². The van der Waals surface area contributed by atoms with Crippen LogP contribution in [0.2, 0.25) is 0 Å². The molecule has 2 aliphatic rings. The van der Waals surface area contributed by atoms with Crippen molar-refractivity contribution in [2.75, 3.05) is 19.6 Å². The van der Waals surface area contributed by atoms with Crippen LogP contribution in [0.15, 0.2) is 0 Å². The van der Waals surface area contributed by atoms with Gasteiger partial charge in [-0.1, -0.05) is 6.92 Å². The zero-order valence-electron chi connectivity index (χ0n) is 11.7. The predicted octanol–water partition coefficient (Wildman–Crippen LogP) is 1.12. The molecule has 0 spiro atoms. The first-order valence-corrected chi connectivity index (χ1v) is 7.44. The summed E-state index contributed by atoms with van der Waals surface area (Å²) in [5.74, 6) is 0.0850. The summed E-state index contributed by atoms with van der Waals surface area (Å²) in [6.45, 7) is 6.79. The topological polar surface area (TPSA) is 44.4 Å². The lowest BCUT2D eigenvalue weighted by atomic mass is 9.97. The van der Waals surface area contributed by atoms with E-state index in [-0.39, 0.29) is 5.91 Å². The quantitative estimate of drug-likeness (QED) is 0.745. The number of nitrogens with zero attached hydrogens (tertiary/aromatic N) is 1. The Morgan fingerprint density at radius 3 is 2.44 bits per heavy atom. The third-order valence-electron chi connectivity index (χ3n) is 4.31. The van der Waals surface area contributed by atoms with Crippen LogP contribution < -0.4 is 10.6 Å². The summed E-state index contributed by atoms with van der Waals surface area (Å²) in [6.07, 6.45) is 6.48. The molecule has 18 heavy (non-hydrogen) atoms. The molecule has 2 unspecified atom stereocenters. The normalized spacial score (nSPS) is 31.6. The number of hydrogen-bond acceptors (Lipinski definition) is 3. The molecule has 2 bridgehead atoms. The average Bonchev–Trinajstić information content (AvgIpc) is 2.59. The number of nitrogens with one attached hydrogen (secondary N) is 2. The maximum atomic E-state index is 10.9. The molecule has 2 fully saturated rings. The molecule has 2 aliphatic heterocycles. The minimum Gasteiger partial charge on any atom is -0.355 e. The smallest absolute Gasteiger partial charge is 0.216 e. The molecule has 0 saturated carbocycles. The van der Waals surface area contributed by atoms with Gasteiger partial charge < -0.3 is 10.6 Å². The van der Waals surface area contributed by atoms with Crippen LogP contribution in [-0.2, 0) is 4.79 Å². The number of rotatable bonds is 6. The summed E-state index contributed by atoms with van der Waals surface area (Å²) in [5, 5.41) is 6.58. The van der Waals surface area contributed by atoms with Crippen LogP contribution in [0.25, 0.3) is 0 Å². The van der Waals surface area contributed by atoms with Gasteiger partial charge in [0, 0.05) is 38.1 Å². The van der Waals surface area contributed by atoms with Gasteiger partial charge in [-0.05, 0) is 38.6 Å². The lowest BCUT2D eigenvalue weighted by molar-refractivity contribution is -0.119. The van der Waals surface area contributed by atoms with E-state index in [0.29, 0.717) is 0 Å². The summed E-state index contributed by atoms with van der Waals surface area (Å²) in [7, 11) is 0. The minimum atomic E-state index is 0.0850. The molecule has 0 aliphatic carbocycles. The molecule has 2 heterocycles. The van der Waals surface area contributed by atoms with Crippen LogP contribution in [0, 0.1) is 0 Å². The molecule has 2 atom stereocenters. The van der Waals surface area contributed by atoms with Crippen molar-refractivity contribution in [3.8, 4) is 0 Å². The van der Waals surface area contributed by atoms with Crippen molar-refractivity contribution < 1.29 is 4.79 Å². The van der Waals surface area contributed by atoms with Crippen LogP contribution in [0.1, 0.15) is 46.0 Å². The van der Waals surface area contributed by atoms with Crippen molar-refractivity contribution in [3.05, 3.63) is 0 Å². The monoisotopic (exact) mass is 253 g/mol. The highest BCUT2D eigenvalue weighted by Crippen LogP contribution is 2.35. The fourth-order valence-corrected chi connectivity index (χ4v) is 3.52. The average molecular weight is 253 g/mol.